The second-order valence-electron chi connectivity index (χ2n) is 5.43. The predicted octanol–water partition coefficient (Wildman–Crippen LogP) is 5.62. The summed E-state index contributed by atoms with van der Waals surface area (Å²) in [6, 6.07) is 18.2. The van der Waals surface area contributed by atoms with Gasteiger partial charge in [-0.25, -0.2) is 0 Å². The largest absolute Gasteiger partial charge is 0.278 e. The third kappa shape index (κ3) is 2.20. The van der Waals surface area contributed by atoms with Crippen LogP contribution >= 0.6 is 11.6 Å². The summed E-state index contributed by atoms with van der Waals surface area (Å²) >= 11 is 6.47. The van der Waals surface area contributed by atoms with Crippen LogP contribution in [0.1, 0.15) is 0 Å². The van der Waals surface area contributed by atoms with Crippen molar-refractivity contribution in [3.63, 3.8) is 0 Å². The highest BCUT2D eigenvalue weighted by atomic mass is 35.5. The second kappa shape index (κ2) is 5.58. The molecule has 1 heterocycles. The van der Waals surface area contributed by atoms with Gasteiger partial charge in [-0.05, 0) is 29.0 Å². The van der Waals surface area contributed by atoms with E-state index >= 15 is 0 Å². The molecule has 0 spiro atoms. The van der Waals surface area contributed by atoms with Crippen LogP contribution in [0.2, 0.25) is 5.02 Å². The summed E-state index contributed by atoms with van der Waals surface area (Å²) in [5, 5.41) is 14.7. The summed E-state index contributed by atoms with van der Waals surface area (Å²) < 4.78 is 0. The van der Waals surface area contributed by atoms with E-state index in [1.165, 1.54) is 6.07 Å². The normalized spacial score (nSPS) is 11.0. The van der Waals surface area contributed by atoms with E-state index in [2.05, 4.69) is 4.98 Å². The summed E-state index contributed by atoms with van der Waals surface area (Å²) in [5.41, 5.74) is 1.89. The molecule has 3 aromatic carbocycles. The Bertz CT molecular complexity index is 1110. The van der Waals surface area contributed by atoms with E-state index in [-0.39, 0.29) is 10.6 Å². The Hall–Kier alpha value is -2.98. The minimum atomic E-state index is -0.375. The molecule has 0 amide bonds. The lowest BCUT2D eigenvalue weighted by Gasteiger charge is -2.12. The number of nitrogens with zero attached hydrogens (tertiary/aromatic N) is 2. The Balaban J connectivity index is 2.23. The van der Waals surface area contributed by atoms with Gasteiger partial charge in [-0.1, -0.05) is 48.0 Å². The molecule has 0 unspecified atom stereocenters. The van der Waals surface area contributed by atoms with E-state index < -0.39 is 0 Å². The predicted molar refractivity (Wildman–Crippen MR) is 96.3 cm³/mol. The third-order valence-electron chi connectivity index (χ3n) is 4.09. The standard InChI is InChI=1S/C19H11ClN2O2/c20-15-8-7-12-4-1-2-5-13(12)18(15)19-14-6-3-11-21-16(14)9-10-17(19)22(23)24/h1-11H. The Labute approximate surface area is 142 Å². The van der Waals surface area contributed by atoms with E-state index in [1.807, 2.05) is 36.4 Å². The number of hydrogen-bond donors (Lipinski definition) is 0. The van der Waals surface area contributed by atoms with Crippen LogP contribution in [-0.2, 0) is 0 Å². The first-order valence-corrected chi connectivity index (χ1v) is 7.74. The van der Waals surface area contributed by atoms with Crippen LogP contribution in [0.15, 0.2) is 66.9 Å². The summed E-state index contributed by atoms with van der Waals surface area (Å²) in [4.78, 5) is 15.6. The number of nitro benzene ring substituents is 1. The molecule has 0 saturated heterocycles. The minimum Gasteiger partial charge on any atom is -0.258 e. The van der Waals surface area contributed by atoms with Crippen molar-refractivity contribution in [1.29, 1.82) is 0 Å². The van der Waals surface area contributed by atoms with E-state index in [4.69, 9.17) is 11.6 Å². The molecule has 0 aliphatic heterocycles. The highest BCUT2D eigenvalue weighted by Gasteiger charge is 2.22. The Morgan fingerprint density at radius 3 is 2.50 bits per heavy atom. The van der Waals surface area contributed by atoms with Crippen LogP contribution in [0.3, 0.4) is 0 Å². The molecule has 24 heavy (non-hydrogen) atoms. The van der Waals surface area contributed by atoms with E-state index in [0.717, 1.165) is 10.8 Å². The summed E-state index contributed by atoms with van der Waals surface area (Å²) in [7, 11) is 0. The molecule has 4 nitrogen and oxygen atoms in total. The summed E-state index contributed by atoms with van der Waals surface area (Å²) in [6.45, 7) is 0. The zero-order valence-electron chi connectivity index (χ0n) is 12.4. The first kappa shape index (κ1) is 14.6. The van der Waals surface area contributed by atoms with Crippen LogP contribution in [0.5, 0.6) is 0 Å². The molecule has 0 atom stereocenters. The number of nitro groups is 1. The zero-order chi connectivity index (χ0) is 16.7. The highest BCUT2D eigenvalue weighted by Crippen LogP contribution is 2.43. The maximum atomic E-state index is 11.6. The smallest absolute Gasteiger partial charge is 0.258 e. The fraction of sp³-hybridized carbons (Fsp3) is 0. The lowest BCUT2D eigenvalue weighted by molar-refractivity contribution is -0.384. The van der Waals surface area contributed by atoms with Crippen molar-refractivity contribution in [2.75, 3.05) is 0 Å². The number of benzene rings is 3. The Kier molecular flexibility index (Phi) is 3.40. The quantitative estimate of drug-likeness (QED) is 0.353. The van der Waals surface area contributed by atoms with Crippen molar-refractivity contribution in [1.82, 2.24) is 4.98 Å². The van der Waals surface area contributed by atoms with Gasteiger partial charge in [0.1, 0.15) is 0 Å². The van der Waals surface area contributed by atoms with Crippen LogP contribution in [0.4, 0.5) is 5.69 Å². The van der Waals surface area contributed by atoms with E-state index in [0.29, 0.717) is 27.1 Å². The van der Waals surface area contributed by atoms with Gasteiger partial charge in [0.2, 0.25) is 0 Å². The van der Waals surface area contributed by atoms with Crippen LogP contribution in [0.25, 0.3) is 32.8 Å². The second-order valence-corrected chi connectivity index (χ2v) is 5.84. The van der Waals surface area contributed by atoms with Crippen molar-refractivity contribution in [3.05, 3.63) is 82.0 Å². The van der Waals surface area contributed by atoms with Crippen molar-refractivity contribution in [2.24, 2.45) is 0 Å². The number of fused-ring (bicyclic) bond motifs is 2. The molecule has 0 bridgehead atoms. The monoisotopic (exact) mass is 334 g/mol. The van der Waals surface area contributed by atoms with Crippen LogP contribution in [-0.4, -0.2) is 9.91 Å². The molecule has 0 aliphatic carbocycles. The molecule has 0 saturated carbocycles. The zero-order valence-corrected chi connectivity index (χ0v) is 13.2. The van der Waals surface area contributed by atoms with Gasteiger partial charge in [0.05, 0.1) is 16.0 Å². The van der Waals surface area contributed by atoms with Gasteiger partial charge in [-0.2, -0.15) is 0 Å². The minimum absolute atomic E-state index is 0.0220. The number of pyridine rings is 1. The number of rotatable bonds is 2. The average Bonchev–Trinajstić information content (AvgIpc) is 2.61. The van der Waals surface area contributed by atoms with Crippen molar-refractivity contribution >= 4 is 39.0 Å². The molecular weight excluding hydrogens is 324 g/mol. The van der Waals surface area contributed by atoms with Gasteiger partial charge in [-0.15, -0.1) is 0 Å². The van der Waals surface area contributed by atoms with Gasteiger partial charge >= 0.3 is 0 Å². The molecule has 0 N–H and O–H groups in total. The molecule has 0 aliphatic rings. The van der Waals surface area contributed by atoms with Gasteiger partial charge in [-0.3, -0.25) is 15.1 Å². The fourth-order valence-electron chi connectivity index (χ4n) is 3.05. The molecule has 4 rings (SSSR count). The van der Waals surface area contributed by atoms with E-state index in [9.17, 15) is 10.1 Å². The highest BCUT2D eigenvalue weighted by molar-refractivity contribution is 6.36. The number of halogens is 1. The van der Waals surface area contributed by atoms with Gasteiger partial charge < -0.3 is 0 Å². The molecule has 0 radical (unpaired) electrons. The molecular formula is C19H11ClN2O2. The maximum absolute atomic E-state index is 11.6. The Morgan fingerprint density at radius 1 is 0.875 bits per heavy atom. The molecule has 5 heteroatoms. The molecule has 0 fully saturated rings. The number of hydrogen-bond acceptors (Lipinski definition) is 3. The van der Waals surface area contributed by atoms with E-state index in [1.54, 1.807) is 24.4 Å². The van der Waals surface area contributed by atoms with Crippen molar-refractivity contribution < 1.29 is 4.92 Å². The maximum Gasteiger partial charge on any atom is 0.278 e. The topological polar surface area (TPSA) is 56.0 Å². The van der Waals surface area contributed by atoms with Gasteiger partial charge in [0.25, 0.3) is 5.69 Å². The third-order valence-corrected chi connectivity index (χ3v) is 4.40. The molecule has 4 aromatic rings. The summed E-state index contributed by atoms with van der Waals surface area (Å²) in [5.74, 6) is 0. The van der Waals surface area contributed by atoms with Crippen LogP contribution < -0.4 is 0 Å². The SMILES string of the molecule is O=[N+]([O-])c1ccc2ncccc2c1-c1c(Cl)ccc2ccccc12. The first-order valence-electron chi connectivity index (χ1n) is 7.36. The lowest BCUT2D eigenvalue weighted by Crippen LogP contribution is -1.95. The lowest BCUT2D eigenvalue weighted by atomic mass is 9.94. The average molecular weight is 335 g/mol. The number of aromatic nitrogens is 1. The molecule has 1 aromatic heterocycles. The van der Waals surface area contributed by atoms with Crippen LogP contribution in [0, 0.1) is 10.1 Å². The summed E-state index contributed by atoms with van der Waals surface area (Å²) in [6.07, 6.45) is 1.67. The van der Waals surface area contributed by atoms with Gasteiger partial charge in [0.15, 0.2) is 0 Å². The Morgan fingerprint density at radius 2 is 1.67 bits per heavy atom. The van der Waals surface area contributed by atoms with Gasteiger partial charge in [0, 0.05) is 28.2 Å². The van der Waals surface area contributed by atoms with Crippen molar-refractivity contribution in [2.45, 2.75) is 0 Å². The molecule has 116 valence electrons. The first-order chi connectivity index (χ1) is 11.7. The van der Waals surface area contributed by atoms with Crippen molar-refractivity contribution in [3.8, 4) is 11.1 Å². The fourth-order valence-corrected chi connectivity index (χ4v) is 3.31.